The molecule has 1 aliphatic heterocycles. The lowest BCUT2D eigenvalue weighted by atomic mass is 9.96. The van der Waals surface area contributed by atoms with Crippen LogP contribution in [0.1, 0.15) is 42.9 Å². The van der Waals surface area contributed by atoms with Crippen LogP contribution in [0, 0.1) is 11.7 Å². The third kappa shape index (κ3) is 4.53. The molecule has 27 heavy (non-hydrogen) atoms. The second-order valence-electron chi connectivity index (χ2n) is 7.32. The lowest BCUT2D eigenvalue weighted by Crippen LogP contribution is -2.44. The van der Waals surface area contributed by atoms with Crippen molar-refractivity contribution in [2.75, 3.05) is 18.4 Å². The van der Waals surface area contributed by atoms with Crippen molar-refractivity contribution in [2.45, 2.75) is 38.0 Å². The second kappa shape index (κ2) is 7.76. The molecule has 1 aromatic heterocycles. The molecule has 2 aliphatic rings. The maximum atomic E-state index is 13.0. The normalized spacial score (nSPS) is 19.7. The van der Waals surface area contributed by atoms with E-state index in [-0.39, 0.29) is 30.0 Å². The van der Waals surface area contributed by atoms with Gasteiger partial charge < -0.3 is 10.2 Å². The third-order valence-electron chi connectivity index (χ3n) is 5.16. The Morgan fingerprint density at radius 1 is 1.22 bits per heavy atom. The number of amides is 2. The number of piperidine rings is 1. The first-order valence-corrected chi connectivity index (χ1v) is 10.2. The van der Waals surface area contributed by atoms with Crippen molar-refractivity contribution >= 4 is 28.3 Å². The number of halogens is 1. The van der Waals surface area contributed by atoms with Gasteiger partial charge in [0, 0.05) is 24.4 Å². The molecule has 0 bridgehead atoms. The van der Waals surface area contributed by atoms with Crippen LogP contribution in [0.15, 0.2) is 29.6 Å². The first-order valence-electron chi connectivity index (χ1n) is 9.37. The van der Waals surface area contributed by atoms with Gasteiger partial charge in [-0.3, -0.25) is 9.59 Å². The monoisotopic (exact) mass is 387 g/mol. The zero-order valence-corrected chi connectivity index (χ0v) is 15.8. The summed E-state index contributed by atoms with van der Waals surface area (Å²) in [5, 5.41) is 5.59. The quantitative estimate of drug-likeness (QED) is 0.853. The van der Waals surface area contributed by atoms with Crippen molar-refractivity contribution in [1.29, 1.82) is 0 Å². The number of aromatic nitrogens is 1. The predicted octanol–water partition coefficient (Wildman–Crippen LogP) is 3.58. The van der Waals surface area contributed by atoms with E-state index in [0.717, 1.165) is 24.1 Å². The first-order chi connectivity index (χ1) is 13.1. The zero-order valence-electron chi connectivity index (χ0n) is 15.0. The van der Waals surface area contributed by atoms with E-state index >= 15 is 0 Å². The van der Waals surface area contributed by atoms with Gasteiger partial charge in [-0.2, -0.15) is 0 Å². The molecular formula is C20H22FN3O2S. The number of likely N-dealkylation sites (tertiary alicyclic amines) is 1. The van der Waals surface area contributed by atoms with Gasteiger partial charge in [0.1, 0.15) is 5.82 Å². The smallest absolute Gasteiger partial charge is 0.231 e. The van der Waals surface area contributed by atoms with Gasteiger partial charge in [-0.05, 0) is 43.4 Å². The van der Waals surface area contributed by atoms with Gasteiger partial charge in [-0.15, -0.1) is 11.3 Å². The van der Waals surface area contributed by atoms with Gasteiger partial charge >= 0.3 is 0 Å². The van der Waals surface area contributed by atoms with Crippen LogP contribution < -0.4 is 5.32 Å². The molecule has 1 N–H and O–H groups in total. The summed E-state index contributed by atoms with van der Waals surface area (Å²) < 4.78 is 13.0. The molecule has 1 aliphatic carbocycles. The van der Waals surface area contributed by atoms with Gasteiger partial charge in [-0.1, -0.05) is 12.1 Å². The summed E-state index contributed by atoms with van der Waals surface area (Å²) in [6, 6.07) is 5.97. The van der Waals surface area contributed by atoms with Crippen LogP contribution in [0.2, 0.25) is 0 Å². The number of benzene rings is 1. The van der Waals surface area contributed by atoms with Crippen molar-refractivity contribution in [3.05, 3.63) is 46.7 Å². The topological polar surface area (TPSA) is 62.3 Å². The van der Waals surface area contributed by atoms with Crippen LogP contribution in [0.3, 0.4) is 0 Å². The lowest BCUT2D eigenvalue weighted by molar-refractivity contribution is -0.133. The molecule has 2 heterocycles. The minimum absolute atomic E-state index is 0.0237. The number of carbonyl (C=O) groups excluding carboxylic acids is 2. The Morgan fingerprint density at radius 3 is 2.74 bits per heavy atom. The fraction of sp³-hybridized carbons (Fsp3) is 0.450. The van der Waals surface area contributed by atoms with Crippen LogP contribution in [0.5, 0.6) is 0 Å². The molecule has 2 aromatic rings. The lowest BCUT2D eigenvalue weighted by Gasteiger charge is -2.32. The van der Waals surface area contributed by atoms with E-state index in [1.165, 1.54) is 36.3 Å². The number of thiazole rings is 1. The maximum Gasteiger partial charge on any atom is 0.231 e. The van der Waals surface area contributed by atoms with Gasteiger partial charge in [0.15, 0.2) is 5.13 Å². The van der Waals surface area contributed by atoms with Gasteiger partial charge in [0.2, 0.25) is 11.8 Å². The number of nitrogens with one attached hydrogen (secondary N) is 1. The van der Waals surface area contributed by atoms with Crippen LogP contribution in [0.4, 0.5) is 9.52 Å². The van der Waals surface area contributed by atoms with E-state index in [1.54, 1.807) is 17.0 Å². The summed E-state index contributed by atoms with van der Waals surface area (Å²) >= 11 is 1.47. The average molecular weight is 387 g/mol. The molecule has 7 heteroatoms. The van der Waals surface area contributed by atoms with Crippen LogP contribution in [-0.2, 0) is 16.0 Å². The second-order valence-corrected chi connectivity index (χ2v) is 8.18. The Balaban J connectivity index is 1.32. The van der Waals surface area contributed by atoms with E-state index < -0.39 is 0 Å². The van der Waals surface area contributed by atoms with Gasteiger partial charge in [0.05, 0.1) is 18.0 Å². The molecule has 0 radical (unpaired) electrons. The van der Waals surface area contributed by atoms with Crippen LogP contribution in [-0.4, -0.2) is 34.8 Å². The Hall–Kier alpha value is -2.28. The minimum atomic E-state index is -0.312. The molecular weight excluding hydrogens is 365 g/mol. The number of anilines is 1. The Morgan fingerprint density at radius 2 is 2.00 bits per heavy atom. The molecule has 1 saturated carbocycles. The highest BCUT2D eigenvalue weighted by Crippen LogP contribution is 2.41. The first kappa shape index (κ1) is 18.1. The highest BCUT2D eigenvalue weighted by molar-refractivity contribution is 7.13. The molecule has 142 valence electrons. The molecule has 4 rings (SSSR count). The largest absolute Gasteiger partial charge is 0.342 e. The minimum Gasteiger partial charge on any atom is -0.342 e. The zero-order chi connectivity index (χ0) is 18.8. The molecule has 2 fully saturated rings. The maximum absolute atomic E-state index is 13.0. The highest BCUT2D eigenvalue weighted by Gasteiger charge is 2.30. The summed E-state index contributed by atoms with van der Waals surface area (Å²) in [6.07, 6.45) is 4.17. The molecule has 1 atom stereocenters. The molecule has 0 spiro atoms. The fourth-order valence-electron chi connectivity index (χ4n) is 3.42. The summed E-state index contributed by atoms with van der Waals surface area (Å²) in [5.41, 5.74) is 1.86. The number of hydrogen-bond donors (Lipinski definition) is 1. The molecule has 1 saturated heterocycles. The van der Waals surface area contributed by atoms with Gasteiger partial charge in [0.25, 0.3) is 0 Å². The SMILES string of the molecule is O=C(Nc1nc(C2CC2)cs1)[C@@H]1CCCN(C(=O)Cc2ccc(F)cc2)C1. The number of nitrogens with zero attached hydrogens (tertiary/aromatic N) is 2. The molecule has 0 unspecified atom stereocenters. The van der Waals surface area contributed by atoms with Crippen molar-refractivity contribution in [3.8, 4) is 0 Å². The molecule has 1 aromatic carbocycles. The van der Waals surface area contributed by atoms with E-state index in [0.29, 0.717) is 24.1 Å². The number of carbonyl (C=O) groups is 2. The van der Waals surface area contributed by atoms with E-state index in [4.69, 9.17) is 0 Å². The fourth-order valence-corrected chi connectivity index (χ4v) is 4.22. The highest BCUT2D eigenvalue weighted by atomic mass is 32.1. The summed E-state index contributed by atoms with van der Waals surface area (Å²) in [7, 11) is 0. The van der Waals surface area contributed by atoms with Crippen LogP contribution >= 0.6 is 11.3 Å². The number of hydrogen-bond acceptors (Lipinski definition) is 4. The van der Waals surface area contributed by atoms with Gasteiger partial charge in [-0.25, -0.2) is 9.37 Å². The molecule has 5 nitrogen and oxygen atoms in total. The summed E-state index contributed by atoms with van der Waals surface area (Å²) in [4.78, 5) is 31.4. The predicted molar refractivity (Wildman–Crippen MR) is 102 cm³/mol. The Bertz CT molecular complexity index is 832. The van der Waals surface area contributed by atoms with Crippen molar-refractivity contribution < 1.29 is 14.0 Å². The van der Waals surface area contributed by atoms with Crippen molar-refractivity contribution in [3.63, 3.8) is 0 Å². The van der Waals surface area contributed by atoms with E-state index in [1.807, 2.05) is 5.38 Å². The molecule has 2 amide bonds. The third-order valence-corrected chi connectivity index (χ3v) is 5.94. The Labute approximate surface area is 161 Å². The van der Waals surface area contributed by atoms with Crippen molar-refractivity contribution in [2.24, 2.45) is 5.92 Å². The average Bonchev–Trinajstić information content (AvgIpc) is 3.43. The van der Waals surface area contributed by atoms with Crippen molar-refractivity contribution in [1.82, 2.24) is 9.88 Å². The van der Waals surface area contributed by atoms with E-state index in [9.17, 15) is 14.0 Å². The number of rotatable bonds is 5. The Kier molecular flexibility index (Phi) is 5.20. The summed E-state index contributed by atoms with van der Waals surface area (Å²) in [6.45, 7) is 1.08. The standard InChI is InChI=1S/C20H22FN3O2S/c21-16-7-3-13(4-8-16)10-18(25)24-9-1-2-15(11-24)19(26)23-20-22-17(12-27-20)14-5-6-14/h3-4,7-8,12,14-15H,1-2,5-6,9-11H2,(H,22,23,26)/t15-/m1/s1. The summed E-state index contributed by atoms with van der Waals surface area (Å²) in [5.74, 6) is -0.0476. The van der Waals surface area contributed by atoms with Crippen LogP contribution in [0.25, 0.3) is 0 Å². The van der Waals surface area contributed by atoms with E-state index in [2.05, 4.69) is 10.3 Å².